The highest BCUT2D eigenvalue weighted by atomic mass is 32.1. The number of phenols is 1. The first kappa shape index (κ1) is 10.8. The summed E-state index contributed by atoms with van der Waals surface area (Å²) in [5, 5.41) is 9.18. The number of thiazole rings is 1. The fourth-order valence-corrected chi connectivity index (χ4v) is 2.28. The van der Waals surface area contributed by atoms with E-state index in [9.17, 15) is 5.11 Å². The smallest absolute Gasteiger partial charge is 0.115 e. The molecule has 3 heteroatoms. The Hall–Kier alpha value is -2.31. The Labute approximate surface area is 109 Å². The van der Waals surface area contributed by atoms with Gasteiger partial charge in [-0.25, -0.2) is 4.98 Å². The summed E-state index contributed by atoms with van der Waals surface area (Å²) in [7, 11) is 0. The number of benzene rings is 2. The van der Waals surface area contributed by atoms with Gasteiger partial charge in [-0.2, -0.15) is 0 Å². The van der Waals surface area contributed by atoms with Crippen molar-refractivity contribution in [3.63, 3.8) is 0 Å². The van der Waals surface area contributed by atoms with E-state index >= 15 is 0 Å². The van der Waals surface area contributed by atoms with Crippen LogP contribution in [-0.2, 0) is 0 Å². The summed E-state index contributed by atoms with van der Waals surface area (Å²) in [6, 6.07) is 12.9. The van der Waals surface area contributed by atoms with Gasteiger partial charge in [0.1, 0.15) is 5.75 Å². The molecule has 2 nitrogen and oxygen atoms in total. The van der Waals surface area contributed by atoms with E-state index in [2.05, 4.69) is 16.8 Å². The molecule has 86 valence electrons. The summed E-state index contributed by atoms with van der Waals surface area (Å²) in [6.07, 6.45) is 0. The van der Waals surface area contributed by atoms with Gasteiger partial charge in [0, 0.05) is 11.1 Å². The van der Waals surface area contributed by atoms with Gasteiger partial charge in [0.05, 0.1) is 15.7 Å². The van der Waals surface area contributed by atoms with Crippen molar-refractivity contribution in [1.82, 2.24) is 4.98 Å². The normalized spacial score (nSPS) is 10.0. The highest BCUT2D eigenvalue weighted by molar-refractivity contribution is 7.16. The first-order valence-corrected chi connectivity index (χ1v) is 6.33. The summed E-state index contributed by atoms with van der Waals surface area (Å²) in [5.74, 6) is 6.41. The van der Waals surface area contributed by atoms with Crippen LogP contribution in [0.25, 0.3) is 10.2 Å². The van der Waals surface area contributed by atoms with Gasteiger partial charge >= 0.3 is 0 Å². The molecule has 1 heterocycles. The molecule has 0 aliphatic carbocycles. The molecule has 3 aromatic rings. The molecule has 18 heavy (non-hydrogen) atoms. The van der Waals surface area contributed by atoms with Crippen molar-refractivity contribution in [3.05, 3.63) is 59.1 Å². The van der Waals surface area contributed by atoms with Gasteiger partial charge in [-0.05, 0) is 42.5 Å². The van der Waals surface area contributed by atoms with E-state index < -0.39 is 0 Å². The van der Waals surface area contributed by atoms with E-state index in [0.717, 1.165) is 16.6 Å². The SMILES string of the molecule is Oc1ccc(C#Cc2ccc3scnc3c2)cc1. The molecule has 0 bridgehead atoms. The van der Waals surface area contributed by atoms with Gasteiger partial charge < -0.3 is 5.11 Å². The fourth-order valence-electron chi connectivity index (χ4n) is 1.62. The lowest BCUT2D eigenvalue weighted by Crippen LogP contribution is -1.76. The topological polar surface area (TPSA) is 33.1 Å². The van der Waals surface area contributed by atoms with Gasteiger partial charge in [0.2, 0.25) is 0 Å². The zero-order chi connectivity index (χ0) is 12.4. The lowest BCUT2D eigenvalue weighted by molar-refractivity contribution is 0.475. The quantitative estimate of drug-likeness (QED) is 0.621. The van der Waals surface area contributed by atoms with Gasteiger partial charge in [0.25, 0.3) is 0 Å². The van der Waals surface area contributed by atoms with Crippen molar-refractivity contribution in [3.8, 4) is 17.6 Å². The third-order valence-electron chi connectivity index (χ3n) is 2.55. The van der Waals surface area contributed by atoms with Crippen LogP contribution in [0.4, 0.5) is 0 Å². The van der Waals surface area contributed by atoms with E-state index in [1.54, 1.807) is 35.6 Å². The molecule has 3 rings (SSSR count). The van der Waals surface area contributed by atoms with Crippen molar-refractivity contribution in [2.24, 2.45) is 0 Å². The molecule has 0 fully saturated rings. The Morgan fingerprint density at radius 1 is 0.944 bits per heavy atom. The number of phenolic OH excluding ortho intramolecular Hbond substituents is 1. The molecule has 2 aromatic carbocycles. The standard InChI is InChI=1S/C15H9NOS/c17-13-6-3-11(4-7-13)1-2-12-5-8-15-14(9-12)16-10-18-15/h3-10,17H. The molecule has 0 unspecified atom stereocenters. The van der Waals surface area contributed by atoms with Gasteiger partial charge in [0.15, 0.2) is 0 Å². The highest BCUT2D eigenvalue weighted by Gasteiger charge is 1.96. The number of hydrogen-bond acceptors (Lipinski definition) is 3. The number of rotatable bonds is 0. The van der Waals surface area contributed by atoms with E-state index in [-0.39, 0.29) is 5.75 Å². The molecule has 0 saturated heterocycles. The van der Waals surface area contributed by atoms with Crippen LogP contribution in [0, 0.1) is 11.8 Å². The predicted molar refractivity (Wildman–Crippen MR) is 73.7 cm³/mol. The number of fused-ring (bicyclic) bond motifs is 1. The van der Waals surface area contributed by atoms with E-state index in [1.165, 1.54) is 4.70 Å². The Kier molecular flexibility index (Phi) is 2.71. The van der Waals surface area contributed by atoms with E-state index in [0.29, 0.717) is 0 Å². The minimum absolute atomic E-state index is 0.254. The van der Waals surface area contributed by atoms with Crippen molar-refractivity contribution in [1.29, 1.82) is 0 Å². The number of aromatic nitrogens is 1. The number of hydrogen-bond donors (Lipinski definition) is 1. The highest BCUT2D eigenvalue weighted by Crippen LogP contribution is 2.18. The van der Waals surface area contributed by atoms with Crippen LogP contribution < -0.4 is 0 Å². The maximum absolute atomic E-state index is 9.18. The van der Waals surface area contributed by atoms with Crippen LogP contribution in [-0.4, -0.2) is 10.1 Å². The summed E-state index contributed by atoms with van der Waals surface area (Å²) < 4.78 is 1.17. The second-order valence-corrected chi connectivity index (χ2v) is 4.72. The predicted octanol–water partition coefficient (Wildman–Crippen LogP) is 3.40. The molecule has 0 saturated carbocycles. The summed E-state index contributed by atoms with van der Waals surface area (Å²) in [4.78, 5) is 4.26. The fraction of sp³-hybridized carbons (Fsp3) is 0. The minimum Gasteiger partial charge on any atom is -0.508 e. The molecule has 0 aliphatic rings. The third kappa shape index (κ3) is 2.20. The number of nitrogens with zero attached hydrogens (tertiary/aromatic N) is 1. The van der Waals surface area contributed by atoms with Crippen molar-refractivity contribution in [2.75, 3.05) is 0 Å². The van der Waals surface area contributed by atoms with Crippen molar-refractivity contribution >= 4 is 21.6 Å². The zero-order valence-electron chi connectivity index (χ0n) is 9.42. The molecule has 0 aliphatic heterocycles. The Morgan fingerprint density at radius 2 is 1.67 bits per heavy atom. The first-order chi connectivity index (χ1) is 8.81. The molecular formula is C15H9NOS. The molecule has 1 N–H and O–H groups in total. The Bertz CT molecular complexity index is 747. The van der Waals surface area contributed by atoms with Crippen LogP contribution in [0.2, 0.25) is 0 Å². The van der Waals surface area contributed by atoms with Gasteiger partial charge in [-0.1, -0.05) is 11.8 Å². The minimum atomic E-state index is 0.254. The van der Waals surface area contributed by atoms with Crippen molar-refractivity contribution < 1.29 is 5.11 Å². The number of aromatic hydroxyl groups is 1. The Balaban J connectivity index is 1.94. The third-order valence-corrected chi connectivity index (χ3v) is 3.36. The van der Waals surface area contributed by atoms with Crippen LogP contribution in [0.1, 0.15) is 11.1 Å². The molecule has 0 spiro atoms. The molecule has 1 aromatic heterocycles. The van der Waals surface area contributed by atoms with Crippen LogP contribution >= 0.6 is 11.3 Å². The van der Waals surface area contributed by atoms with Crippen LogP contribution in [0.3, 0.4) is 0 Å². The average Bonchev–Trinajstić information content (AvgIpc) is 2.85. The molecule has 0 amide bonds. The molecule has 0 atom stereocenters. The maximum Gasteiger partial charge on any atom is 0.115 e. The average molecular weight is 251 g/mol. The molecule has 0 radical (unpaired) electrons. The van der Waals surface area contributed by atoms with Crippen LogP contribution in [0.15, 0.2) is 48.0 Å². The lowest BCUT2D eigenvalue weighted by Gasteiger charge is -1.92. The second kappa shape index (κ2) is 4.52. The van der Waals surface area contributed by atoms with Gasteiger partial charge in [-0.15, -0.1) is 11.3 Å². The summed E-state index contributed by atoms with van der Waals surface area (Å²) in [6.45, 7) is 0. The maximum atomic E-state index is 9.18. The van der Waals surface area contributed by atoms with E-state index in [4.69, 9.17) is 0 Å². The van der Waals surface area contributed by atoms with Crippen molar-refractivity contribution in [2.45, 2.75) is 0 Å². The summed E-state index contributed by atoms with van der Waals surface area (Å²) >= 11 is 1.63. The largest absolute Gasteiger partial charge is 0.508 e. The lowest BCUT2D eigenvalue weighted by atomic mass is 10.1. The van der Waals surface area contributed by atoms with Crippen LogP contribution in [0.5, 0.6) is 5.75 Å². The summed E-state index contributed by atoms with van der Waals surface area (Å²) in [5.41, 5.74) is 4.65. The Morgan fingerprint density at radius 3 is 2.50 bits per heavy atom. The second-order valence-electron chi connectivity index (χ2n) is 3.83. The first-order valence-electron chi connectivity index (χ1n) is 5.45. The van der Waals surface area contributed by atoms with Gasteiger partial charge in [-0.3, -0.25) is 0 Å². The molecular weight excluding hydrogens is 242 g/mol. The monoisotopic (exact) mass is 251 g/mol. The zero-order valence-corrected chi connectivity index (χ0v) is 10.2. The van der Waals surface area contributed by atoms with E-state index in [1.807, 2.05) is 23.7 Å².